The van der Waals surface area contributed by atoms with Crippen LogP contribution in [0.1, 0.15) is 45.6 Å². The van der Waals surface area contributed by atoms with E-state index in [-0.39, 0.29) is 23.7 Å². The Morgan fingerprint density at radius 2 is 1.91 bits per heavy atom. The molecular weight excluding hydrogens is 431 g/mol. The number of carbonyl (C=O) groups is 1. The van der Waals surface area contributed by atoms with Gasteiger partial charge in [-0.1, -0.05) is 6.07 Å². The second-order valence-electron chi connectivity index (χ2n) is 10.1. The Bertz CT molecular complexity index is 1380. The zero-order valence-electron chi connectivity index (χ0n) is 19.0. The van der Waals surface area contributed by atoms with E-state index in [4.69, 9.17) is 20.4 Å². The number of fused-ring (bicyclic) bond motifs is 5. The van der Waals surface area contributed by atoms with Crippen LogP contribution in [-0.4, -0.2) is 34.9 Å². The summed E-state index contributed by atoms with van der Waals surface area (Å²) in [5.41, 5.74) is 12.6. The third kappa shape index (κ3) is 2.99. The van der Waals surface area contributed by atoms with Gasteiger partial charge in [-0.3, -0.25) is 4.79 Å². The molecule has 7 heteroatoms. The van der Waals surface area contributed by atoms with Gasteiger partial charge < -0.3 is 15.4 Å². The molecular formula is C27H25FN4O2. The first-order chi connectivity index (χ1) is 16.5. The minimum atomic E-state index is -0.250. The number of anilines is 1. The zero-order chi connectivity index (χ0) is 23.1. The van der Waals surface area contributed by atoms with Gasteiger partial charge in [0, 0.05) is 43.1 Å². The summed E-state index contributed by atoms with van der Waals surface area (Å²) in [6.07, 6.45) is 2.99. The molecule has 0 radical (unpaired) electrons. The Kier molecular flexibility index (Phi) is 4.19. The molecule has 2 aromatic carbocycles. The van der Waals surface area contributed by atoms with E-state index in [9.17, 15) is 9.18 Å². The van der Waals surface area contributed by atoms with Gasteiger partial charge in [-0.25, -0.2) is 4.39 Å². The van der Waals surface area contributed by atoms with Crippen LogP contribution in [0.15, 0.2) is 30.3 Å². The Balaban J connectivity index is 1.30. The minimum absolute atomic E-state index is 0.155. The van der Waals surface area contributed by atoms with E-state index in [0.717, 1.165) is 70.8 Å². The molecule has 1 saturated heterocycles. The number of nitrogens with two attached hydrogens (primary N) is 1. The first-order valence-corrected chi connectivity index (χ1v) is 12.0. The molecule has 6 nitrogen and oxygen atoms in total. The van der Waals surface area contributed by atoms with Crippen LogP contribution >= 0.6 is 0 Å². The Morgan fingerprint density at radius 1 is 1.09 bits per heavy atom. The molecule has 1 aliphatic heterocycles. The van der Waals surface area contributed by atoms with Crippen molar-refractivity contribution < 1.29 is 13.9 Å². The topological polar surface area (TPSA) is 81.3 Å². The SMILES string of the molecule is Cc1cc(F)cc2c1Cc1nc(Oc3ccc4c(c3)C(=O)CCC4)nc(N3CC4C(N)C4C3)c1-2. The number of hydrogen-bond donors (Lipinski definition) is 1. The van der Waals surface area contributed by atoms with Crippen LogP contribution in [0.5, 0.6) is 11.8 Å². The normalized spacial score (nSPS) is 23.9. The fourth-order valence-electron chi connectivity index (χ4n) is 6.07. The highest BCUT2D eigenvalue weighted by atomic mass is 19.1. The number of ether oxygens (including phenoxy) is 1. The average Bonchev–Trinajstić information content (AvgIpc) is 3.16. The van der Waals surface area contributed by atoms with Crippen molar-refractivity contribution in [3.63, 3.8) is 0 Å². The molecule has 3 aromatic rings. The van der Waals surface area contributed by atoms with Gasteiger partial charge in [-0.15, -0.1) is 0 Å². The van der Waals surface area contributed by atoms with Crippen molar-refractivity contribution in [1.29, 1.82) is 0 Å². The number of benzene rings is 2. The van der Waals surface area contributed by atoms with Crippen LogP contribution in [0.4, 0.5) is 10.2 Å². The molecule has 4 aliphatic rings. The van der Waals surface area contributed by atoms with Crippen molar-refractivity contribution >= 4 is 11.6 Å². The van der Waals surface area contributed by atoms with Crippen molar-refractivity contribution in [1.82, 2.24) is 9.97 Å². The molecule has 2 unspecified atom stereocenters. The van der Waals surface area contributed by atoms with Crippen molar-refractivity contribution in [2.75, 3.05) is 18.0 Å². The lowest BCUT2D eigenvalue weighted by Crippen LogP contribution is -2.29. The van der Waals surface area contributed by atoms with Gasteiger partial charge in [-0.05, 0) is 78.1 Å². The van der Waals surface area contributed by atoms with Gasteiger partial charge in [0.15, 0.2) is 5.78 Å². The first-order valence-electron chi connectivity index (χ1n) is 12.0. The maximum Gasteiger partial charge on any atom is 0.324 e. The summed E-state index contributed by atoms with van der Waals surface area (Å²) in [4.78, 5) is 24.2. The predicted octanol–water partition coefficient (Wildman–Crippen LogP) is 4.20. The Labute approximate surface area is 197 Å². The minimum Gasteiger partial charge on any atom is -0.424 e. The summed E-state index contributed by atoms with van der Waals surface area (Å²) in [7, 11) is 0. The van der Waals surface area contributed by atoms with E-state index in [0.29, 0.717) is 30.4 Å². The molecule has 1 saturated carbocycles. The van der Waals surface area contributed by atoms with Crippen molar-refractivity contribution in [2.24, 2.45) is 17.6 Å². The third-order valence-corrected chi connectivity index (χ3v) is 8.00. The Morgan fingerprint density at radius 3 is 2.74 bits per heavy atom. The van der Waals surface area contributed by atoms with E-state index in [1.807, 2.05) is 25.1 Å². The fraction of sp³-hybridized carbons (Fsp3) is 0.370. The summed E-state index contributed by atoms with van der Waals surface area (Å²) in [5.74, 6) is 2.22. The van der Waals surface area contributed by atoms with Crippen molar-refractivity contribution in [3.8, 4) is 22.9 Å². The third-order valence-electron chi connectivity index (χ3n) is 8.00. The maximum absolute atomic E-state index is 14.4. The molecule has 1 aromatic heterocycles. The molecule has 2 heterocycles. The number of piperidine rings is 1. The second-order valence-corrected chi connectivity index (χ2v) is 10.1. The number of Topliss-reactive ketones (excluding diaryl/α,β-unsaturated/α-hetero) is 1. The van der Waals surface area contributed by atoms with Gasteiger partial charge in [0.2, 0.25) is 0 Å². The summed E-state index contributed by atoms with van der Waals surface area (Å²) < 4.78 is 20.5. The number of aryl methyl sites for hydroxylation is 2. The number of carbonyl (C=O) groups excluding carboxylic acids is 1. The largest absolute Gasteiger partial charge is 0.424 e. The highest BCUT2D eigenvalue weighted by Crippen LogP contribution is 2.49. The fourth-order valence-corrected chi connectivity index (χ4v) is 6.07. The molecule has 172 valence electrons. The lowest BCUT2D eigenvalue weighted by molar-refractivity contribution is 0.0972. The first kappa shape index (κ1) is 20.1. The number of aromatic nitrogens is 2. The van der Waals surface area contributed by atoms with Crippen LogP contribution in [0.3, 0.4) is 0 Å². The van der Waals surface area contributed by atoms with Gasteiger partial charge in [0.1, 0.15) is 17.4 Å². The maximum atomic E-state index is 14.4. The summed E-state index contributed by atoms with van der Waals surface area (Å²) >= 11 is 0. The summed E-state index contributed by atoms with van der Waals surface area (Å²) in [6.45, 7) is 3.61. The number of halogens is 1. The number of nitrogens with zero attached hydrogens (tertiary/aromatic N) is 3. The van der Waals surface area contributed by atoms with Crippen LogP contribution in [0.2, 0.25) is 0 Å². The summed E-state index contributed by atoms with van der Waals surface area (Å²) in [6, 6.07) is 9.35. The highest BCUT2D eigenvalue weighted by Gasteiger charge is 2.54. The number of rotatable bonds is 3. The predicted molar refractivity (Wildman–Crippen MR) is 126 cm³/mol. The van der Waals surface area contributed by atoms with E-state index < -0.39 is 0 Å². The number of ketones is 1. The molecule has 0 bridgehead atoms. The van der Waals surface area contributed by atoms with Gasteiger partial charge in [-0.2, -0.15) is 9.97 Å². The molecule has 3 aliphatic carbocycles. The van der Waals surface area contributed by atoms with Crippen LogP contribution in [0, 0.1) is 24.6 Å². The Hall–Kier alpha value is -3.32. The van der Waals surface area contributed by atoms with E-state index in [1.54, 1.807) is 12.1 Å². The number of hydrogen-bond acceptors (Lipinski definition) is 6. The molecule has 2 fully saturated rings. The summed E-state index contributed by atoms with van der Waals surface area (Å²) in [5, 5.41) is 0. The molecule has 0 amide bonds. The standard InChI is InChI=1S/C27H25FN4O2/c1-13-7-15(28)8-19-17(13)10-22-24(19)26(32-11-20-21(12-32)25(20)29)31-27(30-22)34-16-6-5-14-3-2-4-23(33)18(14)9-16/h5-9,20-21,25H,2-4,10-12,29H2,1H3. The van der Waals surface area contributed by atoms with Crippen molar-refractivity contribution in [2.45, 2.75) is 38.6 Å². The molecule has 7 rings (SSSR count). The smallest absolute Gasteiger partial charge is 0.324 e. The van der Waals surface area contributed by atoms with E-state index in [1.165, 1.54) is 0 Å². The lowest BCUT2D eigenvalue weighted by atomic mass is 9.91. The van der Waals surface area contributed by atoms with Crippen molar-refractivity contribution in [3.05, 3.63) is 64.1 Å². The average molecular weight is 457 g/mol. The van der Waals surface area contributed by atoms with Gasteiger partial charge >= 0.3 is 6.01 Å². The monoisotopic (exact) mass is 456 g/mol. The lowest BCUT2D eigenvalue weighted by Gasteiger charge is -2.23. The van der Waals surface area contributed by atoms with E-state index >= 15 is 0 Å². The zero-order valence-corrected chi connectivity index (χ0v) is 19.0. The highest BCUT2D eigenvalue weighted by molar-refractivity contribution is 5.98. The molecule has 2 N–H and O–H groups in total. The van der Waals surface area contributed by atoms with Crippen LogP contribution in [0.25, 0.3) is 11.1 Å². The molecule has 2 atom stereocenters. The molecule has 34 heavy (non-hydrogen) atoms. The quantitative estimate of drug-likeness (QED) is 0.498. The van der Waals surface area contributed by atoms with E-state index in [2.05, 4.69) is 4.90 Å². The van der Waals surface area contributed by atoms with Crippen LogP contribution in [-0.2, 0) is 12.8 Å². The molecule has 0 spiro atoms. The van der Waals surface area contributed by atoms with Gasteiger partial charge in [0.25, 0.3) is 0 Å². The van der Waals surface area contributed by atoms with Gasteiger partial charge in [0.05, 0.1) is 5.69 Å². The van der Waals surface area contributed by atoms with Crippen LogP contribution < -0.4 is 15.4 Å². The second kappa shape index (κ2) is 7.09.